The fourth-order valence-corrected chi connectivity index (χ4v) is 2.48. The molecule has 1 aliphatic heterocycles. The van der Waals surface area contributed by atoms with Crippen molar-refractivity contribution in [2.45, 2.75) is 32.9 Å². The molecule has 1 heterocycles. The summed E-state index contributed by atoms with van der Waals surface area (Å²) in [4.78, 5) is 2.54. The zero-order chi connectivity index (χ0) is 11.5. The minimum absolute atomic E-state index is 0. The van der Waals surface area contributed by atoms with Crippen LogP contribution in [-0.4, -0.2) is 31.1 Å². The van der Waals surface area contributed by atoms with E-state index < -0.39 is 0 Å². The molecule has 1 unspecified atom stereocenters. The van der Waals surface area contributed by atoms with E-state index >= 15 is 0 Å². The SMILES string of the molecule is CNC1CCN(Cc2ccc(C)cc2C)C1.Cl. The lowest BCUT2D eigenvalue weighted by Gasteiger charge is -2.17. The Bertz CT molecular complexity index is 365. The fraction of sp³-hybridized carbons (Fsp3) is 0.571. The third kappa shape index (κ3) is 3.70. The van der Waals surface area contributed by atoms with Crippen LogP contribution in [0.25, 0.3) is 0 Å². The van der Waals surface area contributed by atoms with Crippen LogP contribution in [-0.2, 0) is 6.54 Å². The second kappa shape index (κ2) is 6.39. The summed E-state index contributed by atoms with van der Waals surface area (Å²) >= 11 is 0. The zero-order valence-electron chi connectivity index (χ0n) is 11.0. The average molecular weight is 255 g/mol. The number of hydrogen-bond acceptors (Lipinski definition) is 2. The third-order valence-electron chi connectivity index (χ3n) is 3.57. The van der Waals surface area contributed by atoms with Crippen LogP contribution in [0.4, 0.5) is 0 Å². The second-order valence-corrected chi connectivity index (χ2v) is 4.94. The number of rotatable bonds is 3. The van der Waals surface area contributed by atoms with Gasteiger partial charge in [0.2, 0.25) is 0 Å². The van der Waals surface area contributed by atoms with Crippen molar-refractivity contribution < 1.29 is 0 Å². The number of aryl methyl sites for hydroxylation is 2. The first-order valence-electron chi connectivity index (χ1n) is 6.15. The third-order valence-corrected chi connectivity index (χ3v) is 3.57. The highest BCUT2D eigenvalue weighted by Gasteiger charge is 2.20. The number of likely N-dealkylation sites (N-methyl/N-ethyl adjacent to an activating group) is 1. The monoisotopic (exact) mass is 254 g/mol. The van der Waals surface area contributed by atoms with Crippen LogP contribution in [0.2, 0.25) is 0 Å². The van der Waals surface area contributed by atoms with E-state index in [1.54, 1.807) is 0 Å². The van der Waals surface area contributed by atoms with E-state index in [0.717, 1.165) is 6.54 Å². The van der Waals surface area contributed by atoms with Crippen LogP contribution >= 0.6 is 12.4 Å². The summed E-state index contributed by atoms with van der Waals surface area (Å²) in [5.41, 5.74) is 4.26. The van der Waals surface area contributed by atoms with Gasteiger partial charge in [0.25, 0.3) is 0 Å². The number of halogens is 1. The Morgan fingerprint density at radius 3 is 2.71 bits per heavy atom. The van der Waals surface area contributed by atoms with Gasteiger partial charge < -0.3 is 5.32 Å². The molecule has 1 aliphatic rings. The zero-order valence-corrected chi connectivity index (χ0v) is 11.8. The molecule has 1 fully saturated rings. The van der Waals surface area contributed by atoms with Gasteiger partial charge in [0, 0.05) is 25.7 Å². The molecule has 0 spiro atoms. The van der Waals surface area contributed by atoms with E-state index in [0.29, 0.717) is 6.04 Å². The van der Waals surface area contributed by atoms with E-state index in [2.05, 4.69) is 49.3 Å². The fourth-order valence-electron chi connectivity index (χ4n) is 2.48. The van der Waals surface area contributed by atoms with Gasteiger partial charge in [0.1, 0.15) is 0 Å². The summed E-state index contributed by atoms with van der Waals surface area (Å²) in [6.45, 7) is 7.88. The predicted molar refractivity (Wildman–Crippen MR) is 75.9 cm³/mol. The number of nitrogens with zero attached hydrogens (tertiary/aromatic N) is 1. The number of nitrogens with one attached hydrogen (secondary N) is 1. The topological polar surface area (TPSA) is 15.3 Å². The molecule has 96 valence electrons. The lowest BCUT2D eigenvalue weighted by Crippen LogP contribution is -2.29. The van der Waals surface area contributed by atoms with Gasteiger partial charge in [-0.05, 0) is 38.4 Å². The molecule has 17 heavy (non-hydrogen) atoms. The quantitative estimate of drug-likeness (QED) is 0.892. The van der Waals surface area contributed by atoms with Crippen LogP contribution in [0.3, 0.4) is 0 Å². The Balaban J connectivity index is 0.00000144. The molecule has 0 aliphatic carbocycles. The summed E-state index contributed by atoms with van der Waals surface area (Å²) in [6.07, 6.45) is 1.28. The highest BCUT2D eigenvalue weighted by Crippen LogP contribution is 2.16. The highest BCUT2D eigenvalue weighted by molar-refractivity contribution is 5.85. The van der Waals surface area contributed by atoms with Crippen molar-refractivity contribution in [3.8, 4) is 0 Å². The second-order valence-electron chi connectivity index (χ2n) is 4.94. The smallest absolute Gasteiger partial charge is 0.0237 e. The van der Waals surface area contributed by atoms with Gasteiger partial charge in [-0.3, -0.25) is 4.90 Å². The minimum atomic E-state index is 0. The van der Waals surface area contributed by atoms with Gasteiger partial charge in [-0.25, -0.2) is 0 Å². The van der Waals surface area contributed by atoms with Crippen molar-refractivity contribution >= 4 is 12.4 Å². The van der Waals surface area contributed by atoms with Crippen molar-refractivity contribution in [2.24, 2.45) is 0 Å². The summed E-state index contributed by atoms with van der Waals surface area (Å²) in [5, 5.41) is 3.36. The van der Waals surface area contributed by atoms with Crippen molar-refractivity contribution in [2.75, 3.05) is 20.1 Å². The Morgan fingerprint density at radius 2 is 2.12 bits per heavy atom. The predicted octanol–water partition coefficient (Wildman–Crippen LogP) is 2.52. The molecular weight excluding hydrogens is 232 g/mol. The molecule has 1 N–H and O–H groups in total. The highest BCUT2D eigenvalue weighted by atomic mass is 35.5. The van der Waals surface area contributed by atoms with Crippen molar-refractivity contribution in [1.29, 1.82) is 0 Å². The lowest BCUT2D eigenvalue weighted by molar-refractivity contribution is 0.322. The normalized spacial score (nSPS) is 20.3. The maximum atomic E-state index is 3.36. The molecule has 3 heteroatoms. The summed E-state index contributed by atoms with van der Waals surface area (Å²) in [7, 11) is 2.06. The van der Waals surface area contributed by atoms with Crippen molar-refractivity contribution in [1.82, 2.24) is 10.2 Å². The van der Waals surface area contributed by atoms with Crippen LogP contribution in [0.5, 0.6) is 0 Å². The number of hydrogen-bond donors (Lipinski definition) is 1. The van der Waals surface area contributed by atoms with E-state index in [-0.39, 0.29) is 12.4 Å². The first-order chi connectivity index (χ1) is 7.69. The van der Waals surface area contributed by atoms with Crippen molar-refractivity contribution in [3.63, 3.8) is 0 Å². The maximum Gasteiger partial charge on any atom is 0.0237 e. The molecule has 1 aromatic rings. The molecule has 0 radical (unpaired) electrons. The first-order valence-corrected chi connectivity index (χ1v) is 6.15. The van der Waals surface area contributed by atoms with E-state index in [1.165, 1.54) is 36.2 Å². The van der Waals surface area contributed by atoms with Gasteiger partial charge in [0.05, 0.1) is 0 Å². The van der Waals surface area contributed by atoms with Gasteiger partial charge in [-0.2, -0.15) is 0 Å². The minimum Gasteiger partial charge on any atom is -0.316 e. The van der Waals surface area contributed by atoms with Crippen LogP contribution in [0.15, 0.2) is 18.2 Å². The van der Waals surface area contributed by atoms with E-state index in [4.69, 9.17) is 0 Å². The summed E-state index contributed by atoms with van der Waals surface area (Å²) < 4.78 is 0. The molecule has 1 atom stereocenters. The van der Waals surface area contributed by atoms with Crippen LogP contribution < -0.4 is 5.32 Å². The Hall–Kier alpha value is -0.570. The standard InChI is InChI=1S/C14H22N2.ClH/c1-11-4-5-13(12(2)8-11)9-16-7-6-14(10-16)15-3;/h4-5,8,14-15H,6-7,9-10H2,1-3H3;1H. The molecule has 0 amide bonds. The summed E-state index contributed by atoms with van der Waals surface area (Å²) in [6, 6.07) is 7.46. The summed E-state index contributed by atoms with van der Waals surface area (Å²) in [5.74, 6) is 0. The molecule has 0 bridgehead atoms. The molecular formula is C14H23ClN2. The molecule has 2 rings (SSSR count). The number of benzene rings is 1. The van der Waals surface area contributed by atoms with Crippen molar-refractivity contribution in [3.05, 3.63) is 34.9 Å². The Kier molecular flexibility index (Phi) is 5.44. The van der Waals surface area contributed by atoms with Gasteiger partial charge in [-0.15, -0.1) is 12.4 Å². The first kappa shape index (κ1) is 14.5. The largest absolute Gasteiger partial charge is 0.316 e. The molecule has 0 aromatic heterocycles. The average Bonchev–Trinajstić information content (AvgIpc) is 2.70. The van der Waals surface area contributed by atoms with E-state index in [1.807, 2.05) is 0 Å². The maximum absolute atomic E-state index is 3.36. The number of likely N-dealkylation sites (tertiary alicyclic amines) is 1. The molecule has 2 nitrogen and oxygen atoms in total. The van der Waals surface area contributed by atoms with Gasteiger partial charge in [0.15, 0.2) is 0 Å². The van der Waals surface area contributed by atoms with Crippen LogP contribution in [0.1, 0.15) is 23.1 Å². The molecule has 1 aromatic carbocycles. The van der Waals surface area contributed by atoms with Crippen LogP contribution in [0, 0.1) is 13.8 Å². The van der Waals surface area contributed by atoms with Gasteiger partial charge >= 0.3 is 0 Å². The van der Waals surface area contributed by atoms with E-state index in [9.17, 15) is 0 Å². The molecule has 1 saturated heterocycles. The molecule has 0 saturated carbocycles. The lowest BCUT2D eigenvalue weighted by atomic mass is 10.1. The van der Waals surface area contributed by atoms with Gasteiger partial charge in [-0.1, -0.05) is 23.8 Å². The Labute approximate surface area is 111 Å². The Morgan fingerprint density at radius 1 is 1.35 bits per heavy atom.